The SMILES string of the molecule is CCCCCc1ccc(C#Cc2ccc(C(F)(F)Oc3cc(F)c(F)c(F)c3)cc2)cc1. The monoisotopic (exact) mass is 444 g/mol. The van der Waals surface area contributed by atoms with Gasteiger partial charge in [0.1, 0.15) is 5.75 Å². The van der Waals surface area contributed by atoms with Gasteiger partial charge in [-0.3, -0.25) is 0 Å². The van der Waals surface area contributed by atoms with Crippen molar-refractivity contribution in [2.24, 2.45) is 0 Å². The second-order valence-electron chi connectivity index (χ2n) is 7.30. The minimum atomic E-state index is -3.88. The molecule has 0 aliphatic rings. The third kappa shape index (κ3) is 6.10. The molecule has 3 aromatic rings. The smallest absolute Gasteiger partial charge is 0.426 e. The van der Waals surface area contributed by atoms with Gasteiger partial charge in [0, 0.05) is 23.3 Å². The van der Waals surface area contributed by atoms with E-state index in [9.17, 15) is 22.0 Å². The Kier molecular flexibility index (Phi) is 7.53. The molecule has 3 rings (SSSR count). The van der Waals surface area contributed by atoms with Crippen LogP contribution in [0.3, 0.4) is 0 Å². The van der Waals surface area contributed by atoms with Gasteiger partial charge in [-0.05, 0) is 54.8 Å². The van der Waals surface area contributed by atoms with Gasteiger partial charge in [-0.15, -0.1) is 0 Å². The van der Waals surface area contributed by atoms with E-state index in [1.54, 1.807) is 0 Å². The molecular formula is C26H21F5O. The van der Waals surface area contributed by atoms with Crippen molar-refractivity contribution < 1.29 is 26.7 Å². The highest BCUT2D eigenvalue weighted by molar-refractivity contribution is 5.44. The van der Waals surface area contributed by atoms with Crippen LogP contribution in [0.4, 0.5) is 22.0 Å². The molecule has 6 heteroatoms. The molecule has 0 N–H and O–H groups in total. The fraction of sp³-hybridized carbons (Fsp3) is 0.231. The van der Waals surface area contributed by atoms with Crippen LogP contribution in [0, 0.1) is 29.3 Å². The maximum absolute atomic E-state index is 14.3. The van der Waals surface area contributed by atoms with Crippen LogP contribution < -0.4 is 4.74 Å². The zero-order chi connectivity index (χ0) is 23.1. The molecule has 0 aliphatic heterocycles. The summed E-state index contributed by atoms with van der Waals surface area (Å²) in [7, 11) is 0. The van der Waals surface area contributed by atoms with Gasteiger partial charge in [0.05, 0.1) is 5.56 Å². The molecule has 0 spiro atoms. The van der Waals surface area contributed by atoms with Crippen LogP contribution in [0.1, 0.15) is 48.4 Å². The molecule has 166 valence electrons. The molecule has 32 heavy (non-hydrogen) atoms. The predicted octanol–water partition coefficient (Wildman–Crippen LogP) is 7.36. The van der Waals surface area contributed by atoms with Gasteiger partial charge in [-0.1, -0.05) is 43.7 Å². The highest BCUT2D eigenvalue weighted by atomic mass is 19.3. The second-order valence-corrected chi connectivity index (χ2v) is 7.30. The number of hydrogen-bond donors (Lipinski definition) is 0. The average molecular weight is 444 g/mol. The van der Waals surface area contributed by atoms with Gasteiger partial charge in [0.25, 0.3) is 0 Å². The number of alkyl halides is 2. The Morgan fingerprint density at radius 3 is 1.84 bits per heavy atom. The summed E-state index contributed by atoms with van der Waals surface area (Å²) in [5, 5.41) is 0. The van der Waals surface area contributed by atoms with E-state index >= 15 is 0 Å². The molecule has 0 aliphatic carbocycles. The van der Waals surface area contributed by atoms with Crippen molar-refractivity contribution in [3.63, 3.8) is 0 Å². The number of rotatable bonds is 7. The lowest BCUT2D eigenvalue weighted by Gasteiger charge is -2.18. The van der Waals surface area contributed by atoms with E-state index in [0.29, 0.717) is 17.7 Å². The number of benzene rings is 3. The summed E-state index contributed by atoms with van der Waals surface area (Å²) in [6, 6.07) is 13.6. The Morgan fingerprint density at radius 2 is 1.31 bits per heavy atom. The third-order valence-electron chi connectivity index (χ3n) is 4.80. The molecule has 0 saturated carbocycles. The molecule has 0 aromatic heterocycles. The van der Waals surface area contributed by atoms with Crippen LogP contribution >= 0.6 is 0 Å². The maximum Gasteiger partial charge on any atom is 0.426 e. The summed E-state index contributed by atoms with van der Waals surface area (Å²) in [5.74, 6) is 0.0781. The molecular weight excluding hydrogens is 423 g/mol. The van der Waals surface area contributed by atoms with E-state index in [4.69, 9.17) is 0 Å². The molecule has 3 aromatic carbocycles. The molecule has 1 nitrogen and oxygen atoms in total. The lowest BCUT2D eigenvalue weighted by molar-refractivity contribution is -0.185. The van der Waals surface area contributed by atoms with E-state index in [-0.39, 0.29) is 0 Å². The van der Waals surface area contributed by atoms with E-state index < -0.39 is 34.9 Å². The van der Waals surface area contributed by atoms with Crippen molar-refractivity contribution in [1.29, 1.82) is 0 Å². The summed E-state index contributed by atoms with van der Waals surface area (Å²) in [4.78, 5) is 0. The lowest BCUT2D eigenvalue weighted by Crippen LogP contribution is -2.22. The summed E-state index contributed by atoms with van der Waals surface area (Å²) in [6.45, 7) is 2.16. The zero-order valence-electron chi connectivity index (χ0n) is 17.4. The minimum Gasteiger partial charge on any atom is -0.429 e. The number of ether oxygens (including phenoxy) is 1. The molecule has 0 bridgehead atoms. The van der Waals surface area contributed by atoms with Gasteiger partial charge in [0.15, 0.2) is 17.5 Å². The number of halogens is 5. The summed E-state index contributed by atoms with van der Waals surface area (Å²) < 4.78 is 72.5. The van der Waals surface area contributed by atoms with Gasteiger partial charge in [0.2, 0.25) is 0 Å². The molecule has 0 fully saturated rings. The Hall–Kier alpha value is -3.33. The van der Waals surface area contributed by atoms with Crippen molar-refractivity contribution in [3.8, 4) is 17.6 Å². The molecule has 0 heterocycles. The largest absolute Gasteiger partial charge is 0.429 e. The van der Waals surface area contributed by atoms with Crippen molar-refractivity contribution in [1.82, 2.24) is 0 Å². The number of hydrogen-bond acceptors (Lipinski definition) is 1. The van der Waals surface area contributed by atoms with Crippen molar-refractivity contribution >= 4 is 0 Å². The van der Waals surface area contributed by atoms with Crippen LogP contribution in [-0.4, -0.2) is 0 Å². The number of aryl methyl sites for hydroxylation is 1. The van der Waals surface area contributed by atoms with E-state index in [1.807, 2.05) is 24.3 Å². The zero-order valence-corrected chi connectivity index (χ0v) is 17.4. The molecule has 0 amide bonds. The fourth-order valence-corrected chi connectivity index (χ4v) is 3.02. The van der Waals surface area contributed by atoms with Crippen molar-refractivity contribution in [2.45, 2.75) is 38.7 Å². The van der Waals surface area contributed by atoms with E-state index in [0.717, 1.165) is 30.5 Å². The topological polar surface area (TPSA) is 9.23 Å². The lowest BCUT2D eigenvalue weighted by atomic mass is 10.1. The molecule has 0 unspecified atom stereocenters. The average Bonchev–Trinajstić information content (AvgIpc) is 2.77. The first-order valence-electron chi connectivity index (χ1n) is 10.2. The molecule has 0 radical (unpaired) electrons. The maximum atomic E-state index is 14.3. The molecule has 0 saturated heterocycles. The van der Waals surface area contributed by atoms with Crippen LogP contribution in [-0.2, 0) is 12.5 Å². The normalized spacial score (nSPS) is 11.1. The standard InChI is InChI=1S/C26H21F5O/c1-2-3-4-5-18-6-8-19(9-7-18)10-11-20-12-14-21(15-13-20)26(30,31)32-22-16-23(27)25(29)24(28)17-22/h6-9,12-17H,2-5H2,1H3. The van der Waals surface area contributed by atoms with Gasteiger partial charge in [-0.2, -0.15) is 8.78 Å². The Morgan fingerprint density at radius 1 is 0.781 bits per heavy atom. The van der Waals surface area contributed by atoms with Crippen LogP contribution in [0.2, 0.25) is 0 Å². The summed E-state index contributed by atoms with van der Waals surface area (Å²) in [6.07, 6.45) is 0.656. The Labute approximate surface area is 183 Å². The van der Waals surface area contributed by atoms with E-state index in [1.165, 1.54) is 30.5 Å². The van der Waals surface area contributed by atoms with Crippen molar-refractivity contribution in [2.75, 3.05) is 0 Å². The summed E-state index contributed by atoms with van der Waals surface area (Å²) >= 11 is 0. The molecule has 0 atom stereocenters. The first-order chi connectivity index (χ1) is 15.3. The predicted molar refractivity (Wildman–Crippen MR) is 113 cm³/mol. The number of unbranched alkanes of at least 4 members (excludes halogenated alkanes) is 2. The quantitative estimate of drug-likeness (QED) is 0.160. The fourth-order valence-electron chi connectivity index (χ4n) is 3.02. The van der Waals surface area contributed by atoms with E-state index in [2.05, 4.69) is 23.5 Å². The Balaban J connectivity index is 1.67. The first kappa shape index (κ1) is 23.3. The first-order valence-corrected chi connectivity index (χ1v) is 10.2. The van der Waals surface area contributed by atoms with Gasteiger partial charge in [-0.25, -0.2) is 13.2 Å². The van der Waals surface area contributed by atoms with Gasteiger partial charge >= 0.3 is 6.11 Å². The summed E-state index contributed by atoms with van der Waals surface area (Å²) in [5.41, 5.74) is 2.03. The highest BCUT2D eigenvalue weighted by Crippen LogP contribution is 2.32. The van der Waals surface area contributed by atoms with Crippen LogP contribution in [0.15, 0.2) is 60.7 Å². The van der Waals surface area contributed by atoms with Crippen molar-refractivity contribution in [3.05, 3.63) is 100 Å². The second kappa shape index (κ2) is 10.3. The third-order valence-corrected chi connectivity index (χ3v) is 4.80. The minimum absolute atomic E-state index is 0.362. The Bertz CT molecular complexity index is 1090. The van der Waals surface area contributed by atoms with Crippen LogP contribution in [0.5, 0.6) is 5.75 Å². The van der Waals surface area contributed by atoms with Crippen LogP contribution in [0.25, 0.3) is 0 Å². The van der Waals surface area contributed by atoms with Gasteiger partial charge < -0.3 is 4.74 Å². The highest BCUT2D eigenvalue weighted by Gasteiger charge is 2.35.